The number of anilines is 1. The molecular weight excluding hydrogens is 300 g/mol. The molecule has 0 aliphatic heterocycles. The Hall–Kier alpha value is -2.43. The Labute approximate surface area is 134 Å². The van der Waals surface area contributed by atoms with Crippen LogP contribution in [0.25, 0.3) is 0 Å². The molecule has 0 bridgehead atoms. The van der Waals surface area contributed by atoms with E-state index in [1.165, 1.54) is 29.8 Å². The van der Waals surface area contributed by atoms with Gasteiger partial charge in [0.2, 0.25) is 0 Å². The van der Waals surface area contributed by atoms with E-state index in [0.29, 0.717) is 17.2 Å². The third-order valence-corrected chi connectivity index (χ3v) is 3.69. The first-order valence-electron chi connectivity index (χ1n) is 7.45. The molecule has 5 heteroatoms. The molecule has 2 aromatic rings. The molecule has 1 amide bonds. The van der Waals surface area contributed by atoms with Crippen LogP contribution in [0.2, 0.25) is 0 Å². The number of hydrogen-bond donors (Lipinski definition) is 1. The predicted octanol–water partition coefficient (Wildman–Crippen LogP) is 5.05. The molecule has 2 aromatic carbocycles. The van der Waals surface area contributed by atoms with Gasteiger partial charge in [0.25, 0.3) is 5.91 Å². The number of alkyl halides is 2. The Kier molecular flexibility index (Phi) is 5.68. The summed E-state index contributed by atoms with van der Waals surface area (Å²) in [7, 11) is 0. The lowest BCUT2D eigenvalue weighted by Crippen LogP contribution is -2.12. The Bertz CT molecular complexity index is 639. The van der Waals surface area contributed by atoms with Crippen molar-refractivity contribution in [3.63, 3.8) is 0 Å². The molecular formula is C18H19F2NO2. The normalized spacial score (nSPS) is 12.0. The highest BCUT2D eigenvalue weighted by molar-refractivity contribution is 6.04. The van der Waals surface area contributed by atoms with Crippen LogP contribution in [-0.2, 0) is 0 Å². The molecule has 3 nitrogen and oxygen atoms in total. The van der Waals surface area contributed by atoms with Gasteiger partial charge in [-0.25, -0.2) is 0 Å². The molecule has 122 valence electrons. The summed E-state index contributed by atoms with van der Waals surface area (Å²) < 4.78 is 28.4. The van der Waals surface area contributed by atoms with Gasteiger partial charge in [-0.3, -0.25) is 4.79 Å². The summed E-state index contributed by atoms with van der Waals surface area (Å²) in [6.07, 6.45) is 1.05. The minimum Gasteiger partial charge on any atom is -0.435 e. The van der Waals surface area contributed by atoms with E-state index in [9.17, 15) is 13.6 Å². The Morgan fingerprint density at radius 2 is 1.70 bits per heavy atom. The van der Waals surface area contributed by atoms with Gasteiger partial charge < -0.3 is 10.1 Å². The lowest BCUT2D eigenvalue weighted by molar-refractivity contribution is -0.0498. The highest BCUT2D eigenvalue weighted by atomic mass is 19.3. The summed E-state index contributed by atoms with van der Waals surface area (Å²) in [5.74, 6) is 0.196. The van der Waals surface area contributed by atoms with Crippen LogP contribution in [-0.4, -0.2) is 12.5 Å². The van der Waals surface area contributed by atoms with Crippen LogP contribution in [0.1, 0.15) is 42.1 Å². The number of halogens is 2. The van der Waals surface area contributed by atoms with E-state index in [2.05, 4.69) is 23.9 Å². The van der Waals surface area contributed by atoms with Crippen LogP contribution in [0.4, 0.5) is 14.5 Å². The lowest BCUT2D eigenvalue weighted by Gasteiger charge is -2.11. The molecule has 0 spiro atoms. The van der Waals surface area contributed by atoms with Gasteiger partial charge in [0.1, 0.15) is 5.75 Å². The van der Waals surface area contributed by atoms with Crippen LogP contribution in [0, 0.1) is 0 Å². The van der Waals surface area contributed by atoms with E-state index in [0.717, 1.165) is 6.42 Å². The molecule has 0 saturated carbocycles. The van der Waals surface area contributed by atoms with Gasteiger partial charge >= 0.3 is 6.61 Å². The van der Waals surface area contributed by atoms with Gasteiger partial charge in [-0.1, -0.05) is 26.0 Å². The van der Waals surface area contributed by atoms with Crippen molar-refractivity contribution in [2.45, 2.75) is 32.8 Å². The number of hydrogen-bond acceptors (Lipinski definition) is 2. The van der Waals surface area contributed by atoms with Gasteiger partial charge in [-0.15, -0.1) is 0 Å². The maximum absolute atomic E-state index is 12.1. The third kappa shape index (κ3) is 4.77. The van der Waals surface area contributed by atoms with E-state index in [4.69, 9.17) is 0 Å². The van der Waals surface area contributed by atoms with E-state index in [1.54, 1.807) is 0 Å². The highest BCUT2D eigenvalue weighted by Crippen LogP contribution is 2.21. The standard InChI is InChI=1S/C18H19F2NO2/c1-3-12(2)13-4-8-15(9-5-13)21-17(22)14-6-10-16(11-7-14)23-18(19)20/h4-12,18H,3H2,1-2H3,(H,21,22)/t12-/m0/s1. The zero-order valence-corrected chi connectivity index (χ0v) is 13.1. The van der Waals surface area contributed by atoms with Crippen molar-refractivity contribution >= 4 is 11.6 Å². The first kappa shape index (κ1) is 16.9. The summed E-state index contributed by atoms with van der Waals surface area (Å²) >= 11 is 0. The SMILES string of the molecule is CC[C@H](C)c1ccc(NC(=O)c2ccc(OC(F)F)cc2)cc1. The van der Waals surface area contributed by atoms with Gasteiger partial charge in [0, 0.05) is 11.3 Å². The minimum atomic E-state index is -2.88. The number of amides is 1. The zero-order valence-electron chi connectivity index (χ0n) is 13.1. The number of nitrogens with one attached hydrogen (secondary N) is 1. The molecule has 0 aromatic heterocycles. The van der Waals surface area contributed by atoms with E-state index in [-0.39, 0.29) is 11.7 Å². The molecule has 1 N–H and O–H groups in total. The number of carbonyl (C=O) groups is 1. The Balaban J connectivity index is 2.01. The van der Waals surface area contributed by atoms with Crippen molar-refractivity contribution in [1.82, 2.24) is 0 Å². The third-order valence-electron chi connectivity index (χ3n) is 3.69. The number of carbonyl (C=O) groups excluding carboxylic acids is 1. The quantitative estimate of drug-likeness (QED) is 0.808. The topological polar surface area (TPSA) is 38.3 Å². The average molecular weight is 319 g/mol. The molecule has 2 rings (SSSR count). The monoisotopic (exact) mass is 319 g/mol. The fourth-order valence-electron chi connectivity index (χ4n) is 2.12. The van der Waals surface area contributed by atoms with E-state index >= 15 is 0 Å². The second kappa shape index (κ2) is 7.72. The summed E-state index contributed by atoms with van der Waals surface area (Å²) in [6.45, 7) is 1.40. The minimum absolute atomic E-state index is 0.0226. The summed E-state index contributed by atoms with van der Waals surface area (Å²) in [5, 5.41) is 2.77. The Morgan fingerprint density at radius 1 is 1.09 bits per heavy atom. The second-order valence-electron chi connectivity index (χ2n) is 5.29. The summed E-state index contributed by atoms with van der Waals surface area (Å²) in [5.41, 5.74) is 2.28. The van der Waals surface area contributed by atoms with Crippen LogP contribution >= 0.6 is 0 Å². The summed E-state index contributed by atoms with van der Waals surface area (Å²) in [6, 6.07) is 13.3. The van der Waals surface area contributed by atoms with Crippen LogP contribution in [0.3, 0.4) is 0 Å². The van der Waals surface area contributed by atoms with Gasteiger partial charge in [-0.2, -0.15) is 8.78 Å². The average Bonchev–Trinajstić information content (AvgIpc) is 2.55. The van der Waals surface area contributed by atoms with Crippen molar-refractivity contribution in [2.24, 2.45) is 0 Å². The first-order valence-corrected chi connectivity index (χ1v) is 7.45. The number of benzene rings is 2. The molecule has 0 fully saturated rings. The molecule has 0 aliphatic rings. The fourth-order valence-corrected chi connectivity index (χ4v) is 2.12. The first-order chi connectivity index (χ1) is 11.0. The van der Waals surface area contributed by atoms with Gasteiger partial charge in [0.05, 0.1) is 0 Å². The second-order valence-corrected chi connectivity index (χ2v) is 5.29. The predicted molar refractivity (Wildman–Crippen MR) is 86.2 cm³/mol. The van der Waals surface area contributed by atoms with Crippen molar-refractivity contribution in [2.75, 3.05) is 5.32 Å². The molecule has 23 heavy (non-hydrogen) atoms. The fraction of sp³-hybridized carbons (Fsp3) is 0.278. The molecule has 0 aliphatic carbocycles. The van der Waals surface area contributed by atoms with Crippen LogP contribution in [0.5, 0.6) is 5.75 Å². The molecule has 0 unspecified atom stereocenters. The van der Waals surface area contributed by atoms with Crippen LogP contribution < -0.4 is 10.1 Å². The number of ether oxygens (including phenoxy) is 1. The van der Waals surface area contributed by atoms with Crippen molar-refractivity contribution in [3.8, 4) is 5.75 Å². The molecule has 0 radical (unpaired) electrons. The zero-order chi connectivity index (χ0) is 16.8. The maximum Gasteiger partial charge on any atom is 0.387 e. The maximum atomic E-state index is 12.1. The largest absolute Gasteiger partial charge is 0.435 e. The van der Waals surface area contributed by atoms with Gasteiger partial charge in [0.15, 0.2) is 0 Å². The van der Waals surface area contributed by atoms with E-state index in [1.807, 2.05) is 24.3 Å². The highest BCUT2D eigenvalue weighted by Gasteiger charge is 2.09. The van der Waals surface area contributed by atoms with Crippen molar-refractivity contribution in [1.29, 1.82) is 0 Å². The smallest absolute Gasteiger partial charge is 0.387 e. The van der Waals surface area contributed by atoms with Crippen molar-refractivity contribution < 1.29 is 18.3 Å². The molecule has 0 heterocycles. The van der Waals surface area contributed by atoms with Gasteiger partial charge in [-0.05, 0) is 54.3 Å². The van der Waals surface area contributed by atoms with E-state index < -0.39 is 6.61 Å². The Morgan fingerprint density at radius 3 is 2.22 bits per heavy atom. The lowest BCUT2D eigenvalue weighted by atomic mass is 9.98. The molecule has 0 saturated heterocycles. The number of rotatable bonds is 6. The van der Waals surface area contributed by atoms with Crippen molar-refractivity contribution in [3.05, 3.63) is 59.7 Å². The molecule has 1 atom stereocenters. The summed E-state index contributed by atoms with van der Waals surface area (Å²) in [4.78, 5) is 12.1. The van der Waals surface area contributed by atoms with Crippen LogP contribution in [0.15, 0.2) is 48.5 Å².